The molecule has 0 fully saturated rings. The monoisotopic (exact) mass is 242 g/mol. The minimum Gasteiger partial charge on any atom is -0.312 e. The van der Waals surface area contributed by atoms with E-state index in [-0.39, 0.29) is 5.69 Å². The summed E-state index contributed by atoms with van der Waals surface area (Å²) >= 11 is 0. The van der Waals surface area contributed by atoms with Crippen LogP contribution in [0.4, 0.5) is 13.2 Å². The lowest BCUT2D eigenvalue weighted by atomic mass is 10.1. The minimum absolute atomic E-state index is 0.228. The Hall–Kier alpha value is -1.98. The number of nitrogens with one attached hydrogen (secondary N) is 1. The molecule has 3 nitrogen and oxygen atoms in total. The smallest absolute Gasteiger partial charge is 0.312 e. The van der Waals surface area contributed by atoms with E-state index >= 15 is 0 Å². The summed E-state index contributed by atoms with van der Waals surface area (Å²) in [5, 5.41) is 0. The van der Waals surface area contributed by atoms with Gasteiger partial charge >= 0.3 is 11.9 Å². The number of H-pyrrole nitrogens is 1. The standard InChI is InChI=1S/C11H9F3N2O/c1-7-2-3-8(11(12,13)14)6-9(7)16-5-4-15-10(16)17/h2-6H,1H3,(H,15,17). The fourth-order valence-electron chi connectivity index (χ4n) is 1.56. The highest BCUT2D eigenvalue weighted by Crippen LogP contribution is 2.31. The van der Waals surface area contributed by atoms with Gasteiger partial charge in [-0.25, -0.2) is 4.79 Å². The van der Waals surface area contributed by atoms with Crippen molar-refractivity contribution >= 4 is 0 Å². The molecule has 6 heteroatoms. The summed E-state index contributed by atoms with van der Waals surface area (Å²) in [4.78, 5) is 13.7. The maximum absolute atomic E-state index is 12.5. The predicted octanol–water partition coefficient (Wildman–Crippen LogP) is 2.49. The topological polar surface area (TPSA) is 37.8 Å². The Morgan fingerprint density at radius 2 is 2.00 bits per heavy atom. The molecule has 0 amide bonds. The number of nitrogens with zero attached hydrogens (tertiary/aromatic N) is 1. The Morgan fingerprint density at radius 1 is 1.29 bits per heavy atom. The number of rotatable bonds is 1. The molecular formula is C11H9F3N2O. The van der Waals surface area contributed by atoms with Gasteiger partial charge in [0.15, 0.2) is 0 Å². The molecule has 0 bridgehead atoms. The van der Waals surface area contributed by atoms with Gasteiger partial charge in [0.25, 0.3) is 0 Å². The van der Waals surface area contributed by atoms with Crippen molar-refractivity contribution in [3.8, 4) is 5.69 Å². The molecule has 0 radical (unpaired) electrons. The number of benzene rings is 1. The van der Waals surface area contributed by atoms with Gasteiger partial charge in [-0.2, -0.15) is 13.2 Å². The first-order chi connectivity index (χ1) is 7.89. The van der Waals surface area contributed by atoms with Crippen LogP contribution in [0.2, 0.25) is 0 Å². The van der Waals surface area contributed by atoms with E-state index in [9.17, 15) is 18.0 Å². The number of aryl methyl sites for hydroxylation is 1. The summed E-state index contributed by atoms with van der Waals surface area (Å²) in [6.45, 7) is 1.65. The summed E-state index contributed by atoms with van der Waals surface area (Å²) < 4.78 is 38.8. The van der Waals surface area contributed by atoms with Crippen LogP contribution >= 0.6 is 0 Å². The molecular weight excluding hydrogens is 233 g/mol. The van der Waals surface area contributed by atoms with Crippen molar-refractivity contribution in [3.63, 3.8) is 0 Å². The van der Waals surface area contributed by atoms with E-state index in [4.69, 9.17) is 0 Å². The molecule has 0 aliphatic carbocycles. The van der Waals surface area contributed by atoms with Gasteiger partial charge in [0, 0.05) is 12.4 Å². The average Bonchev–Trinajstić information content (AvgIpc) is 2.63. The van der Waals surface area contributed by atoms with Gasteiger partial charge in [0.2, 0.25) is 0 Å². The minimum atomic E-state index is -4.41. The molecule has 2 rings (SSSR count). The van der Waals surface area contributed by atoms with Crippen LogP contribution in [0.25, 0.3) is 5.69 Å². The second-order valence-electron chi connectivity index (χ2n) is 3.63. The van der Waals surface area contributed by atoms with Gasteiger partial charge in [0.05, 0.1) is 11.3 Å². The number of hydrogen-bond donors (Lipinski definition) is 1. The molecule has 1 N–H and O–H groups in total. The summed E-state index contributed by atoms with van der Waals surface area (Å²) in [7, 11) is 0. The Kier molecular flexibility index (Phi) is 2.57. The number of aromatic nitrogens is 2. The number of halogens is 3. The molecule has 17 heavy (non-hydrogen) atoms. The highest BCUT2D eigenvalue weighted by molar-refractivity contribution is 5.44. The van der Waals surface area contributed by atoms with Crippen LogP contribution < -0.4 is 5.69 Å². The fourth-order valence-corrected chi connectivity index (χ4v) is 1.56. The van der Waals surface area contributed by atoms with Gasteiger partial charge in [-0.3, -0.25) is 4.57 Å². The van der Waals surface area contributed by atoms with E-state index in [1.807, 2.05) is 0 Å². The zero-order valence-electron chi connectivity index (χ0n) is 8.88. The second kappa shape index (κ2) is 3.80. The van der Waals surface area contributed by atoms with Crippen molar-refractivity contribution in [1.29, 1.82) is 0 Å². The van der Waals surface area contributed by atoms with Gasteiger partial charge in [-0.1, -0.05) is 6.07 Å². The van der Waals surface area contributed by atoms with Gasteiger partial charge < -0.3 is 4.98 Å². The molecule has 2 aromatic rings. The molecule has 0 atom stereocenters. The van der Waals surface area contributed by atoms with Crippen LogP contribution in [0.5, 0.6) is 0 Å². The van der Waals surface area contributed by atoms with E-state index in [0.29, 0.717) is 5.56 Å². The maximum atomic E-state index is 12.5. The molecule has 0 saturated carbocycles. The quantitative estimate of drug-likeness (QED) is 0.819. The molecule has 0 aliphatic heterocycles. The molecule has 0 aliphatic rings. The van der Waals surface area contributed by atoms with E-state index < -0.39 is 17.4 Å². The van der Waals surface area contributed by atoms with Crippen LogP contribution in [0, 0.1) is 6.92 Å². The van der Waals surface area contributed by atoms with Gasteiger partial charge in [0.1, 0.15) is 0 Å². The van der Waals surface area contributed by atoms with Crippen LogP contribution in [-0.2, 0) is 6.18 Å². The third kappa shape index (κ3) is 2.11. The highest BCUT2D eigenvalue weighted by Gasteiger charge is 2.31. The molecule has 0 saturated heterocycles. The van der Waals surface area contributed by atoms with Crippen molar-refractivity contribution in [3.05, 3.63) is 52.2 Å². The summed E-state index contributed by atoms with van der Waals surface area (Å²) in [6.07, 6.45) is -1.64. The summed E-state index contributed by atoms with van der Waals surface area (Å²) in [5.41, 5.74) is -0.413. The van der Waals surface area contributed by atoms with E-state index in [1.165, 1.54) is 18.5 Å². The Balaban J connectivity index is 2.63. The molecule has 1 aromatic carbocycles. The third-order valence-corrected chi connectivity index (χ3v) is 2.45. The first-order valence-electron chi connectivity index (χ1n) is 4.84. The summed E-state index contributed by atoms with van der Waals surface area (Å²) in [6, 6.07) is 3.30. The van der Waals surface area contributed by atoms with Crippen molar-refractivity contribution in [1.82, 2.24) is 9.55 Å². The van der Waals surface area contributed by atoms with E-state index in [1.54, 1.807) is 6.92 Å². The summed E-state index contributed by atoms with van der Waals surface area (Å²) in [5.74, 6) is 0. The van der Waals surface area contributed by atoms with Crippen LogP contribution in [-0.4, -0.2) is 9.55 Å². The zero-order valence-corrected chi connectivity index (χ0v) is 8.88. The van der Waals surface area contributed by atoms with Crippen molar-refractivity contribution < 1.29 is 13.2 Å². The number of imidazole rings is 1. The zero-order chi connectivity index (χ0) is 12.6. The van der Waals surface area contributed by atoms with E-state index in [2.05, 4.69) is 4.98 Å². The molecule has 1 heterocycles. The first-order valence-corrected chi connectivity index (χ1v) is 4.84. The van der Waals surface area contributed by atoms with Gasteiger partial charge in [-0.15, -0.1) is 0 Å². The molecule has 90 valence electrons. The predicted molar refractivity (Wildman–Crippen MR) is 56.1 cm³/mol. The lowest BCUT2D eigenvalue weighted by Gasteiger charge is -2.11. The highest BCUT2D eigenvalue weighted by atomic mass is 19.4. The van der Waals surface area contributed by atoms with Crippen molar-refractivity contribution in [2.75, 3.05) is 0 Å². The SMILES string of the molecule is Cc1ccc(C(F)(F)F)cc1-n1cc[nH]c1=O. The molecule has 0 spiro atoms. The fraction of sp³-hybridized carbons (Fsp3) is 0.182. The van der Waals surface area contributed by atoms with Crippen LogP contribution in [0.3, 0.4) is 0 Å². The largest absolute Gasteiger partial charge is 0.416 e. The van der Waals surface area contributed by atoms with Crippen molar-refractivity contribution in [2.24, 2.45) is 0 Å². The Morgan fingerprint density at radius 3 is 2.53 bits per heavy atom. The lowest BCUT2D eigenvalue weighted by molar-refractivity contribution is -0.137. The number of hydrogen-bond acceptors (Lipinski definition) is 1. The first kappa shape index (κ1) is 11.5. The average molecular weight is 242 g/mol. The van der Waals surface area contributed by atoms with Crippen LogP contribution in [0.15, 0.2) is 35.4 Å². The Labute approximate surface area is 94.5 Å². The molecule has 1 aromatic heterocycles. The second-order valence-corrected chi connectivity index (χ2v) is 3.63. The molecule has 0 unspecified atom stereocenters. The van der Waals surface area contributed by atoms with Crippen LogP contribution in [0.1, 0.15) is 11.1 Å². The number of aromatic amines is 1. The van der Waals surface area contributed by atoms with E-state index in [0.717, 1.165) is 16.7 Å². The number of alkyl halides is 3. The third-order valence-electron chi connectivity index (χ3n) is 2.45. The normalized spacial score (nSPS) is 11.8. The Bertz CT molecular complexity index is 595. The van der Waals surface area contributed by atoms with Crippen molar-refractivity contribution in [2.45, 2.75) is 13.1 Å². The van der Waals surface area contributed by atoms with Gasteiger partial charge in [-0.05, 0) is 24.6 Å². The lowest BCUT2D eigenvalue weighted by Crippen LogP contribution is -2.16. The maximum Gasteiger partial charge on any atom is 0.416 e.